The molecular weight excluding hydrogens is 398 g/mol. The molecule has 0 spiro atoms. The quantitative estimate of drug-likeness (QED) is 0.334. The van der Waals surface area contributed by atoms with Crippen LogP contribution in [0.15, 0.2) is 48.8 Å². The Kier molecular flexibility index (Phi) is 5.31. The molecule has 0 N–H and O–H groups in total. The summed E-state index contributed by atoms with van der Waals surface area (Å²) < 4.78 is 62.9. The van der Waals surface area contributed by atoms with Crippen molar-refractivity contribution in [2.75, 3.05) is 7.11 Å². The molecule has 2 aromatic carbocycles. The Hall–Kier alpha value is -3.76. The predicted octanol–water partition coefficient (Wildman–Crippen LogP) is 5.01. The van der Waals surface area contributed by atoms with Gasteiger partial charge >= 0.3 is 17.7 Å². The highest BCUT2D eigenvalue weighted by Crippen LogP contribution is 2.39. The zero-order valence-corrected chi connectivity index (χ0v) is 14.6. The van der Waals surface area contributed by atoms with E-state index in [1.807, 2.05) is 0 Å². The standard InChI is InChI=1S/C18H11F4N3O4/c1-28-11-3-5-12(6-4-11)29-17-16(25(26)27)15(23-9-24-17)13-7-2-10(8-14(13)19)18(20,21)22/h2-9H,1H3. The van der Waals surface area contributed by atoms with E-state index in [1.54, 1.807) is 12.1 Å². The Bertz CT molecular complexity index is 1060. The minimum Gasteiger partial charge on any atom is -0.497 e. The summed E-state index contributed by atoms with van der Waals surface area (Å²) in [5.41, 5.74) is -3.03. The van der Waals surface area contributed by atoms with Crippen LogP contribution in [-0.4, -0.2) is 22.0 Å². The summed E-state index contributed by atoms with van der Waals surface area (Å²) in [6.45, 7) is 0. The number of nitrogens with zero attached hydrogens (tertiary/aromatic N) is 3. The zero-order chi connectivity index (χ0) is 21.2. The molecule has 3 aromatic rings. The van der Waals surface area contributed by atoms with E-state index in [0.717, 1.165) is 12.4 Å². The SMILES string of the molecule is COc1ccc(Oc2ncnc(-c3ccc(C(F)(F)F)cc3F)c2[N+](=O)[O-])cc1. The molecule has 0 unspecified atom stereocenters. The third-order valence-corrected chi connectivity index (χ3v) is 3.80. The van der Waals surface area contributed by atoms with E-state index in [-0.39, 0.29) is 11.8 Å². The Labute approximate surface area is 160 Å². The third-order valence-electron chi connectivity index (χ3n) is 3.80. The van der Waals surface area contributed by atoms with Crippen LogP contribution in [0.5, 0.6) is 17.4 Å². The first-order valence-corrected chi connectivity index (χ1v) is 7.89. The first-order valence-electron chi connectivity index (χ1n) is 7.89. The van der Waals surface area contributed by atoms with Gasteiger partial charge in [-0.2, -0.15) is 18.2 Å². The van der Waals surface area contributed by atoms with Crippen molar-refractivity contribution in [3.63, 3.8) is 0 Å². The van der Waals surface area contributed by atoms with Gasteiger partial charge in [-0.05, 0) is 42.5 Å². The topological polar surface area (TPSA) is 87.4 Å². The number of ether oxygens (including phenoxy) is 2. The molecule has 7 nitrogen and oxygen atoms in total. The Morgan fingerprint density at radius 3 is 2.24 bits per heavy atom. The van der Waals surface area contributed by atoms with Gasteiger partial charge in [0.05, 0.1) is 17.6 Å². The molecular formula is C18H11F4N3O4. The van der Waals surface area contributed by atoms with Gasteiger partial charge < -0.3 is 9.47 Å². The summed E-state index contributed by atoms with van der Waals surface area (Å²) in [7, 11) is 1.45. The van der Waals surface area contributed by atoms with Crippen LogP contribution in [0.3, 0.4) is 0 Å². The number of rotatable bonds is 5. The van der Waals surface area contributed by atoms with Gasteiger partial charge in [0.15, 0.2) is 5.69 Å². The molecule has 0 saturated carbocycles. The van der Waals surface area contributed by atoms with Crippen molar-refractivity contribution >= 4 is 5.69 Å². The fourth-order valence-electron chi connectivity index (χ4n) is 2.44. The normalized spacial score (nSPS) is 11.2. The summed E-state index contributed by atoms with van der Waals surface area (Å²) >= 11 is 0. The lowest BCUT2D eigenvalue weighted by molar-refractivity contribution is -0.385. The molecule has 0 amide bonds. The molecule has 3 rings (SSSR count). The van der Waals surface area contributed by atoms with E-state index in [2.05, 4.69) is 9.97 Å². The molecule has 11 heteroatoms. The molecule has 0 aliphatic rings. The molecule has 0 bridgehead atoms. The van der Waals surface area contributed by atoms with Crippen LogP contribution in [0, 0.1) is 15.9 Å². The zero-order valence-electron chi connectivity index (χ0n) is 14.6. The van der Waals surface area contributed by atoms with Crippen LogP contribution in [0.2, 0.25) is 0 Å². The maximum absolute atomic E-state index is 14.3. The highest BCUT2D eigenvalue weighted by Gasteiger charge is 2.33. The fraction of sp³-hybridized carbons (Fsp3) is 0.111. The minimum atomic E-state index is -4.76. The van der Waals surface area contributed by atoms with Crippen molar-refractivity contribution in [1.82, 2.24) is 9.97 Å². The van der Waals surface area contributed by atoms with Gasteiger partial charge in [-0.3, -0.25) is 10.1 Å². The van der Waals surface area contributed by atoms with Crippen molar-refractivity contribution in [3.05, 3.63) is 70.3 Å². The monoisotopic (exact) mass is 409 g/mol. The Morgan fingerprint density at radius 1 is 1.03 bits per heavy atom. The predicted molar refractivity (Wildman–Crippen MR) is 92.2 cm³/mol. The average Bonchev–Trinajstić information content (AvgIpc) is 2.67. The van der Waals surface area contributed by atoms with Crippen molar-refractivity contribution < 1.29 is 32.0 Å². The molecule has 150 valence electrons. The van der Waals surface area contributed by atoms with Gasteiger partial charge in [0.25, 0.3) is 0 Å². The minimum absolute atomic E-state index is 0.173. The van der Waals surface area contributed by atoms with Crippen molar-refractivity contribution in [1.29, 1.82) is 0 Å². The Balaban J connectivity index is 2.06. The molecule has 0 saturated heterocycles. The van der Waals surface area contributed by atoms with Gasteiger partial charge in [-0.15, -0.1) is 0 Å². The van der Waals surface area contributed by atoms with Crippen LogP contribution in [0.25, 0.3) is 11.3 Å². The molecule has 1 heterocycles. The number of alkyl halides is 3. The molecule has 0 fully saturated rings. The fourth-order valence-corrected chi connectivity index (χ4v) is 2.44. The van der Waals surface area contributed by atoms with E-state index in [4.69, 9.17) is 9.47 Å². The molecule has 0 radical (unpaired) electrons. The van der Waals surface area contributed by atoms with Gasteiger partial charge in [-0.1, -0.05) is 0 Å². The molecule has 0 atom stereocenters. The number of halogens is 4. The van der Waals surface area contributed by atoms with Crippen LogP contribution in [0.1, 0.15) is 5.56 Å². The summed E-state index contributed by atoms with van der Waals surface area (Å²) in [4.78, 5) is 18.0. The van der Waals surface area contributed by atoms with E-state index < -0.39 is 45.3 Å². The lowest BCUT2D eigenvalue weighted by atomic mass is 10.1. The summed E-state index contributed by atoms with van der Waals surface area (Å²) in [5.74, 6) is -1.13. The van der Waals surface area contributed by atoms with E-state index in [1.165, 1.54) is 19.2 Å². The van der Waals surface area contributed by atoms with E-state index >= 15 is 0 Å². The van der Waals surface area contributed by atoms with Crippen molar-refractivity contribution in [2.24, 2.45) is 0 Å². The van der Waals surface area contributed by atoms with Crippen LogP contribution >= 0.6 is 0 Å². The highest BCUT2D eigenvalue weighted by molar-refractivity contribution is 5.73. The van der Waals surface area contributed by atoms with Gasteiger partial charge in [-0.25, -0.2) is 9.37 Å². The second-order valence-electron chi connectivity index (χ2n) is 5.60. The van der Waals surface area contributed by atoms with Gasteiger partial charge in [0.2, 0.25) is 0 Å². The number of nitro groups is 1. The number of hydrogen-bond acceptors (Lipinski definition) is 6. The largest absolute Gasteiger partial charge is 0.497 e. The first kappa shape index (κ1) is 20.0. The second kappa shape index (κ2) is 7.70. The van der Waals surface area contributed by atoms with E-state index in [0.29, 0.717) is 11.8 Å². The lowest BCUT2D eigenvalue weighted by Crippen LogP contribution is -2.06. The smallest absolute Gasteiger partial charge is 0.416 e. The average molecular weight is 409 g/mol. The second-order valence-corrected chi connectivity index (χ2v) is 5.60. The maximum atomic E-state index is 14.3. The summed E-state index contributed by atoms with van der Waals surface area (Å²) in [6.07, 6.45) is -3.88. The highest BCUT2D eigenvalue weighted by atomic mass is 19.4. The van der Waals surface area contributed by atoms with Crippen LogP contribution < -0.4 is 9.47 Å². The van der Waals surface area contributed by atoms with Gasteiger partial charge in [0, 0.05) is 5.56 Å². The van der Waals surface area contributed by atoms with Crippen molar-refractivity contribution in [3.8, 4) is 28.6 Å². The van der Waals surface area contributed by atoms with E-state index in [9.17, 15) is 27.7 Å². The molecule has 0 aliphatic heterocycles. The lowest BCUT2D eigenvalue weighted by Gasteiger charge is -2.11. The first-order chi connectivity index (χ1) is 13.7. The Morgan fingerprint density at radius 2 is 1.69 bits per heavy atom. The van der Waals surface area contributed by atoms with Crippen LogP contribution in [0.4, 0.5) is 23.2 Å². The summed E-state index contributed by atoms with van der Waals surface area (Å²) in [5, 5.41) is 11.6. The third kappa shape index (κ3) is 4.23. The van der Waals surface area contributed by atoms with Crippen LogP contribution in [-0.2, 0) is 6.18 Å². The molecule has 29 heavy (non-hydrogen) atoms. The van der Waals surface area contributed by atoms with Gasteiger partial charge in [0.1, 0.15) is 23.6 Å². The number of methoxy groups -OCH3 is 1. The summed E-state index contributed by atoms with van der Waals surface area (Å²) in [6, 6.07) is 7.62. The number of benzene rings is 2. The maximum Gasteiger partial charge on any atom is 0.416 e. The molecule has 1 aromatic heterocycles. The molecule has 0 aliphatic carbocycles. The number of hydrogen-bond donors (Lipinski definition) is 0. The number of aromatic nitrogens is 2. The van der Waals surface area contributed by atoms with Crippen molar-refractivity contribution in [2.45, 2.75) is 6.18 Å².